The Morgan fingerprint density at radius 3 is 2.44 bits per heavy atom. The van der Waals surface area contributed by atoms with Gasteiger partial charge in [-0.1, -0.05) is 0 Å². The summed E-state index contributed by atoms with van der Waals surface area (Å²) in [5.41, 5.74) is 7.78. The van der Waals surface area contributed by atoms with Crippen molar-refractivity contribution < 1.29 is 8.42 Å². The van der Waals surface area contributed by atoms with E-state index < -0.39 is 10.0 Å². The molecule has 5 nitrogen and oxygen atoms in total. The summed E-state index contributed by atoms with van der Waals surface area (Å²) in [5, 5.41) is 5.23. The topological polar surface area (TPSA) is 89.4 Å². The number of rotatable bonds is 4. The smallest absolute Gasteiger partial charge is 0.238 e. The molecule has 1 aromatic carbocycles. The molecular weight excluding hydrogens is 250 g/mol. The molecule has 0 bridgehead atoms. The standard InChI is InChI=1S/C12H19N3O2S/c1-3-15(10-4-5-10)11-6-9(13)7-12(8(11)2)18(14,16)17/h6-7,10H,3-5,13H2,1-2H3,(H2,14,16,17). The average Bonchev–Trinajstić information content (AvgIpc) is 3.06. The van der Waals surface area contributed by atoms with Gasteiger partial charge in [-0.2, -0.15) is 0 Å². The Labute approximate surface area is 108 Å². The first kappa shape index (κ1) is 13.2. The van der Waals surface area contributed by atoms with Crippen LogP contribution in [0.5, 0.6) is 0 Å². The predicted molar refractivity (Wildman–Crippen MR) is 73.0 cm³/mol. The lowest BCUT2D eigenvalue weighted by Gasteiger charge is -2.26. The van der Waals surface area contributed by atoms with Gasteiger partial charge in [-0.05, 0) is 44.4 Å². The molecule has 0 atom stereocenters. The summed E-state index contributed by atoms with van der Waals surface area (Å²) in [4.78, 5) is 2.32. The number of benzene rings is 1. The van der Waals surface area contributed by atoms with Crippen molar-refractivity contribution in [3.63, 3.8) is 0 Å². The predicted octanol–water partition coefficient (Wildman–Crippen LogP) is 1.21. The fraction of sp³-hybridized carbons (Fsp3) is 0.500. The van der Waals surface area contributed by atoms with Crippen LogP contribution in [0.1, 0.15) is 25.3 Å². The first-order valence-corrected chi connectivity index (χ1v) is 7.58. The minimum Gasteiger partial charge on any atom is -0.399 e. The highest BCUT2D eigenvalue weighted by Crippen LogP contribution is 2.36. The molecule has 1 fully saturated rings. The minimum atomic E-state index is -3.73. The van der Waals surface area contributed by atoms with Crippen LogP contribution < -0.4 is 15.8 Å². The van der Waals surface area contributed by atoms with E-state index in [9.17, 15) is 8.42 Å². The van der Waals surface area contributed by atoms with Crippen LogP contribution in [-0.2, 0) is 10.0 Å². The Bertz CT molecular complexity index is 565. The molecule has 6 heteroatoms. The van der Waals surface area contributed by atoms with Gasteiger partial charge in [0.2, 0.25) is 10.0 Å². The second-order valence-corrected chi connectivity index (χ2v) is 6.26. The second-order valence-electron chi connectivity index (χ2n) is 4.73. The number of anilines is 2. The summed E-state index contributed by atoms with van der Waals surface area (Å²) in [6.45, 7) is 4.66. The lowest BCUT2D eigenvalue weighted by Crippen LogP contribution is -2.27. The molecule has 1 aromatic rings. The molecule has 2 rings (SSSR count). The zero-order valence-electron chi connectivity index (χ0n) is 10.7. The summed E-state index contributed by atoms with van der Waals surface area (Å²) in [5.74, 6) is 0. The van der Waals surface area contributed by atoms with Crippen LogP contribution in [0.4, 0.5) is 11.4 Å². The normalized spacial score (nSPS) is 15.7. The third kappa shape index (κ3) is 2.44. The third-order valence-electron chi connectivity index (χ3n) is 3.30. The summed E-state index contributed by atoms with van der Waals surface area (Å²) in [7, 11) is -3.73. The Balaban J connectivity index is 2.57. The van der Waals surface area contributed by atoms with E-state index in [4.69, 9.17) is 10.9 Å². The summed E-state index contributed by atoms with van der Waals surface area (Å²) in [6, 6.07) is 3.75. The Kier molecular flexibility index (Phi) is 3.25. The maximum atomic E-state index is 11.6. The van der Waals surface area contributed by atoms with Gasteiger partial charge in [0, 0.05) is 24.0 Å². The van der Waals surface area contributed by atoms with E-state index in [-0.39, 0.29) is 4.90 Å². The van der Waals surface area contributed by atoms with Crippen LogP contribution in [-0.4, -0.2) is 21.0 Å². The molecule has 1 aliphatic rings. The Hall–Kier alpha value is -1.27. The van der Waals surface area contributed by atoms with Crippen molar-refractivity contribution in [1.29, 1.82) is 0 Å². The van der Waals surface area contributed by atoms with Crippen LogP contribution in [0, 0.1) is 6.92 Å². The van der Waals surface area contributed by atoms with E-state index in [0.717, 1.165) is 25.1 Å². The number of nitrogens with zero attached hydrogens (tertiary/aromatic N) is 1. The van der Waals surface area contributed by atoms with E-state index in [1.807, 2.05) is 6.07 Å². The highest BCUT2D eigenvalue weighted by atomic mass is 32.2. The number of sulfonamides is 1. The maximum absolute atomic E-state index is 11.6. The number of hydrogen-bond donors (Lipinski definition) is 2. The quantitative estimate of drug-likeness (QED) is 0.804. The van der Waals surface area contributed by atoms with Gasteiger partial charge in [-0.25, -0.2) is 13.6 Å². The molecule has 0 heterocycles. The highest BCUT2D eigenvalue weighted by Gasteiger charge is 2.30. The molecular formula is C12H19N3O2S. The molecule has 0 unspecified atom stereocenters. The van der Waals surface area contributed by atoms with E-state index >= 15 is 0 Å². The summed E-state index contributed by atoms with van der Waals surface area (Å²) in [6.07, 6.45) is 2.29. The SMILES string of the molecule is CCN(c1cc(N)cc(S(N)(=O)=O)c1C)C1CC1. The lowest BCUT2D eigenvalue weighted by atomic mass is 10.1. The lowest BCUT2D eigenvalue weighted by molar-refractivity contribution is 0.597. The molecule has 0 saturated heterocycles. The van der Waals surface area contributed by atoms with Crippen molar-refractivity contribution in [2.24, 2.45) is 5.14 Å². The van der Waals surface area contributed by atoms with Crippen LogP contribution in [0.2, 0.25) is 0 Å². The van der Waals surface area contributed by atoms with Crippen molar-refractivity contribution >= 4 is 21.4 Å². The molecule has 0 aliphatic heterocycles. The van der Waals surface area contributed by atoms with Gasteiger partial charge >= 0.3 is 0 Å². The van der Waals surface area contributed by atoms with Crippen LogP contribution >= 0.6 is 0 Å². The monoisotopic (exact) mass is 269 g/mol. The zero-order chi connectivity index (χ0) is 13.5. The van der Waals surface area contributed by atoms with Gasteiger partial charge in [-0.15, -0.1) is 0 Å². The molecule has 1 saturated carbocycles. The molecule has 18 heavy (non-hydrogen) atoms. The van der Waals surface area contributed by atoms with Gasteiger partial charge < -0.3 is 10.6 Å². The van der Waals surface area contributed by atoms with Gasteiger partial charge in [0.1, 0.15) is 0 Å². The maximum Gasteiger partial charge on any atom is 0.238 e. The molecule has 0 aromatic heterocycles. The molecule has 0 radical (unpaired) electrons. The van der Waals surface area contributed by atoms with Crippen molar-refractivity contribution in [2.45, 2.75) is 37.6 Å². The highest BCUT2D eigenvalue weighted by molar-refractivity contribution is 7.89. The van der Waals surface area contributed by atoms with Crippen LogP contribution in [0.15, 0.2) is 17.0 Å². The van der Waals surface area contributed by atoms with E-state index in [0.29, 0.717) is 17.3 Å². The van der Waals surface area contributed by atoms with Crippen molar-refractivity contribution in [1.82, 2.24) is 0 Å². The zero-order valence-corrected chi connectivity index (χ0v) is 11.5. The van der Waals surface area contributed by atoms with Crippen molar-refractivity contribution in [2.75, 3.05) is 17.2 Å². The number of nitrogen functional groups attached to an aromatic ring is 1. The Morgan fingerprint density at radius 1 is 1.39 bits per heavy atom. The third-order valence-corrected chi connectivity index (χ3v) is 4.34. The van der Waals surface area contributed by atoms with E-state index in [1.54, 1.807) is 6.92 Å². The van der Waals surface area contributed by atoms with Crippen molar-refractivity contribution in [3.8, 4) is 0 Å². The van der Waals surface area contributed by atoms with Crippen LogP contribution in [0.25, 0.3) is 0 Å². The van der Waals surface area contributed by atoms with Crippen LogP contribution in [0.3, 0.4) is 0 Å². The minimum absolute atomic E-state index is 0.122. The average molecular weight is 269 g/mol. The van der Waals surface area contributed by atoms with Gasteiger partial charge in [0.05, 0.1) is 4.90 Å². The van der Waals surface area contributed by atoms with Gasteiger partial charge in [0.15, 0.2) is 0 Å². The summed E-state index contributed by atoms with van der Waals surface area (Å²) < 4.78 is 23.1. The van der Waals surface area contributed by atoms with E-state index in [1.165, 1.54) is 6.07 Å². The Morgan fingerprint density at radius 2 is 2.00 bits per heavy atom. The molecule has 0 spiro atoms. The first-order valence-electron chi connectivity index (χ1n) is 6.04. The molecule has 0 amide bonds. The fourth-order valence-corrected chi connectivity index (χ4v) is 3.13. The van der Waals surface area contributed by atoms with Crippen molar-refractivity contribution in [3.05, 3.63) is 17.7 Å². The fourth-order valence-electron chi connectivity index (χ4n) is 2.30. The van der Waals surface area contributed by atoms with Gasteiger partial charge in [-0.3, -0.25) is 0 Å². The second kappa shape index (κ2) is 4.44. The largest absolute Gasteiger partial charge is 0.399 e. The molecule has 4 N–H and O–H groups in total. The molecule has 1 aliphatic carbocycles. The number of hydrogen-bond acceptors (Lipinski definition) is 4. The number of primary sulfonamides is 1. The number of nitrogens with two attached hydrogens (primary N) is 2. The van der Waals surface area contributed by atoms with Gasteiger partial charge in [0.25, 0.3) is 0 Å². The molecule has 100 valence electrons. The summed E-state index contributed by atoms with van der Waals surface area (Å²) >= 11 is 0. The van der Waals surface area contributed by atoms with E-state index in [2.05, 4.69) is 11.8 Å². The first-order chi connectivity index (χ1) is 8.34.